The third kappa shape index (κ3) is 4.30. The fourth-order valence-electron chi connectivity index (χ4n) is 3.35. The quantitative estimate of drug-likeness (QED) is 0.747. The van der Waals surface area contributed by atoms with Crippen molar-refractivity contribution >= 4 is 33.4 Å². The SMILES string of the molecule is COc1cc(NC(=O)C2=CNC(=O)C[C@@H]2C2C=CC=C(F)C2)c(Br)cc1C. The fourth-order valence-corrected chi connectivity index (χ4v) is 3.91. The molecule has 0 fully saturated rings. The number of benzene rings is 1. The molecule has 1 aliphatic heterocycles. The molecule has 1 aromatic rings. The number of ether oxygens (including phenoxy) is 1. The van der Waals surface area contributed by atoms with Crippen molar-refractivity contribution in [3.8, 4) is 5.75 Å². The highest BCUT2D eigenvalue weighted by molar-refractivity contribution is 9.10. The third-order valence-electron chi connectivity index (χ3n) is 4.77. The number of rotatable bonds is 4. The Bertz CT molecular complexity index is 876. The zero-order valence-electron chi connectivity index (χ0n) is 15.0. The average molecular weight is 435 g/mol. The van der Waals surface area contributed by atoms with Gasteiger partial charge in [0, 0.05) is 41.1 Å². The largest absolute Gasteiger partial charge is 0.496 e. The lowest BCUT2D eigenvalue weighted by Gasteiger charge is -2.30. The minimum atomic E-state index is -0.388. The summed E-state index contributed by atoms with van der Waals surface area (Å²) < 4.78 is 19.7. The third-order valence-corrected chi connectivity index (χ3v) is 5.43. The highest BCUT2D eigenvalue weighted by Gasteiger charge is 2.34. The molecule has 0 bridgehead atoms. The first-order valence-corrected chi connectivity index (χ1v) is 9.36. The van der Waals surface area contributed by atoms with Crippen LogP contribution in [0.15, 0.2) is 52.4 Å². The second kappa shape index (κ2) is 8.08. The highest BCUT2D eigenvalue weighted by Crippen LogP contribution is 2.36. The summed E-state index contributed by atoms with van der Waals surface area (Å²) in [7, 11) is 1.56. The number of hydrogen-bond donors (Lipinski definition) is 2. The summed E-state index contributed by atoms with van der Waals surface area (Å²) in [4.78, 5) is 24.8. The number of anilines is 1. The molecule has 1 heterocycles. The predicted octanol–water partition coefficient (Wildman–Crippen LogP) is 4.15. The number of amides is 2. The maximum atomic E-state index is 13.7. The number of methoxy groups -OCH3 is 1. The monoisotopic (exact) mass is 434 g/mol. The lowest BCUT2D eigenvalue weighted by molar-refractivity contribution is -0.122. The molecule has 7 heteroatoms. The summed E-state index contributed by atoms with van der Waals surface area (Å²) in [6, 6.07) is 3.59. The molecule has 2 amide bonds. The van der Waals surface area contributed by atoms with E-state index in [4.69, 9.17) is 4.74 Å². The minimum Gasteiger partial charge on any atom is -0.496 e. The molecule has 1 aromatic carbocycles. The Morgan fingerprint density at radius 2 is 2.15 bits per heavy atom. The minimum absolute atomic E-state index is 0.139. The number of allylic oxidation sites excluding steroid dienone is 4. The van der Waals surface area contributed by atoms with Crippen molar-refractivity contribution < 1.29 is 18.7 Å². The van der Waals surface area contributed by atoms with Crippen molar-refractivity contribution in [1.29, 1.82) is 0 Å². The van der Waals surface area contributed by atoms with Crippen molar-refractivity contribution in [2.75, 3.05) is 12.4 Å². The summed E-state index contributed by atoms with van der Waals surface area (Å²) in [5.41, 5.74) is 1.91. The van der Waals surface area contributed by atoms with Gasteiger partial charge in [0.05, 0.1) is 12.8 Å². The second-order valence-corrected chi connectivity index (χ2v) is 7.45. The van der Waals surface area contributed by atoms with E-state index in [9.17, 15) is 14.0 Å². The number of hydrogen-bond acceptors (Lipinski definition) is 3. The van der Waals surface area contributed by atoms with Gasteiger partial charge in [-0.05, 0) is 46.5 Å². The van der Waals surface area contributed by atoms with Crippen molar-refractivity contribution in [3.63, 3.8) is 0 Å². The number of halogens is 2. The zero-order chi connectivity index (χ0) is 19.6. The van der Waals surface area contributed by atoms with E-state index in [1.807, 2.05) is 19.1 Å². The Hall–Kier alpha value is -2.41. The van der Waals surface area contributed by atoms with Crippen LogP contribution in [0.5, 0.6) is 5.75 Å². The van der Waals surface area contributed by atoms with Gasteiger partial charge in [-0.2, -0.15) is 0 Å². The zero-order valence-corrected chi connectivity index (χ0v) is 16.6. The van der Waals surface area contributed by atoms with Gasteiger partial charge < -0.3 is 15.4 Å². The van der Waals surface area contributed by atoms with E-state index in [-0.39, 0.29) is 42.3 Å². The lowest BCUT2D eigenvalue weighted by Crippen LogP contribution is -2.36. The molecule has 0 saturated carbocycles. The van der Waals surface area contributed by atoms with E-state index in [2.05, 4.69) is 26.6 Å². The van der Waals surface area contributed by atoms with E-state index in [0.29, 0.717) is 17.0 Å². The lowest BCUT2D eigenvalue weighted by atomic mass is 9.78. The predicted molar refractivity (Wildman–Crippen MR) is 105 cm³/mol. The topological polar surface area (TPSA) is 67.4 Å². The molecular formula is C20H20BrFN2O3. The van der Waals surface area contributed by atoms with Gasteiger partial charge in [0.2, 0.25) is 5.91 Å². The van der Waals surface area contributed by atoms with E-state index in [1.54, 1.807) is 19.3 Å². The van der Waals surface area contributed by atoms with Crippen LogP contribution >= 0.6 is 15.9 Å². The smallest absolute Gasteiger partial charge is 0.253 e. The van der Waals surface area contributed by atoms with Gasteiger partial charge in [-0.3, -0.25) is 9.59 Å². The summed E-state index contributed by atoms with van der Waals surface area (Å²) in [5, 5.41) is 5.45. The first-order valence-electron chi connectivity index (χ1n) is 8.56. The van der Waals surface area contributed by atoms with Crippen LogP contribution in [-0.2, 0) is 9.59 Å². The molecule has 0 spiro atoms. The van der Waals surface area contributed by atoms with E-state index in [1.165, 1.54) is 12.3 Å². The van der Waals surface area contributed by atoms with Crippen LogP contribution in [0.4, 0.5) is 10.1 Å². The maximum absolute atomic E-state index is 13.7. The molecular weight excluding hydrogens is 415 g/mol. The fraction of sp³-hybridized carbons (Fsp3) is 0.300. The van der Waals surface area contributed by atoms with Crippen LogP contribution in [-0.4, -0.2) is 18.9 Å². The first kappa shape index (κ1) is 19.4. The van der Waals surface area contributed by atoms with Crippen LogP contribution in [0.1, 0.15) is 18.4 Å². The van der Waals surface area contributed by atoms with Crippen molar-refractivity contribution in [1.82, 2.24) is 5.32 Å². The summed E-state index contributed by atoms with van der Waals surface area (Å²) >= 11 is 3.44. The Balaban J connectivity index is 1.85. The summed E-state index contributed by atoms with van der Waals surface area (Å²) in [6.07, 6.45) is 6.63. The summed E-state index contributed by atoms with van der Waals surface area (Å²) in [6.45, 7) is 1.90. The van der Waals surface area contributed by atoms with Gasteiger partial charge in [0.15, 0.2) is 0 Å². The molecule has 0 radical (unpaired) electrons. The average Bonchev–Trinajstić information content (AvgIpc) is 2.63. The van der Waals surface area contributed by atoms with Gasteiger partial charge in [-0.15, -0.1) is 0 Å². The number of nitrogens with one attached hydrogen (secondary N) is 2. The van der Waals surface area contributed by atoms with Crippen LogP contribution < -0.4 is 15.4 Å². The molecule has 5 nitrogen and oxygen atoms in total. The molecule has 142 valence electrons. The van der Waals surface area contributed by atoms with Gasteiger partial charge in [-0.25, -0.2) is 4.39 Å². The molecule has 1 unspecified atom stereocenters. The molecule has 2 atom stereocenters. The van der Waals surface area contributed by atoms with Crippen LogP contribution in [0.25, 0.3) is 0 Å². The second-order valence-electron chi connectivity index (χ2n) is 6.60. The highest BCUT2D eigenvalue weighted by atomic mass is 79.9. The molecule has 0 aromatic heterocycles. The van der Waals surface area contributed by atoms with Gasteiger partial charge in [0.1, 0.15) is 11.6 Å². The molecule has 0 saturated heterocycles. The van der Waals surface area contributed by atoms with Gasteiger partial charge in [0.25, 0.3) is 5.91 Å². The number of carbonyl (C=O) groups excluding carboxylic acids is 2. The van der Waals surface area contributed by atoms with Gasteiger partial charge in [-0.1, -0.05) is 12.2 Å². The van der Waals surface area contributed by atoms with E-state index < -0.39 is 0 Å². The first-order chi connectivity index (χ1) is 12.9. The van der Waals surface area contributed by atoms with Crippen LogP contribution in [0.3, 0.4) is 0 Å². The number of carbonyl (C=O) groups is 2. The standard InChI is InChI=1S/C20H20BrFN2O3/c1-11-6-16(21)17(9-18(11)27-2)24-20(26)15-10-23-19(25)8-14(15)12-4-3-5-13(22)7-12/h3-6,9-10,12,14H,7-8H2,1-2H3,(H,23,25)(H,24,26)/t12?,14-/m1/s1. The molecule has 1 aliphatic carbocycles. The Morgan fingerprint density at radius 3 is 2.85 bits per heavy atom. The van der Waals surface area contributed by atoms with Gasteiger partial charge >= 0.3 is 0 Å². The number of aryl methyl sites for hydroxylation is 1. The normalized spacial score (nSPS) is 21.9. The van der Waals surface area contributed by atoms with Crippen LogP contribution in [0, 0.1) is 18.8 Å². The van der Waals surface area contributed by atoms with E-state index >= 15 is 0 Å². The van der Waals surface area contributed by atoms with Crippen molar-refractivity contribution in [3.05, 3.63) is 58.0 Å². The molecule has 3 rings (SSSR count). The molecule has 2 aliphatic rings. The maximum Gasteiger partial charge on any atom is 0.253 e. The Morgan fingerprint density at radius 1 is 1.37 bits per heavy atom. The Labute approximate surface area is 165 Å². The Kier molecular flexibility index (Phi) is 5.79. The summed E-state index contributed by atoms with van der Waals surface area (Å²) in [5.74, 6) is -0.750. The van der Waals surface area contributed by atoms with Crippen molar-refractivity contribution in [2.45, 2.75) is 19.8 Å². The van der Waals surface area contributed by atoms with Crippen molar-refractivity contribution in [2.24, 2.45) is 11.8 Å². The molecule has 27 heavy (non-hydrogen) atoms. The van der Waals surface area contributed by atoms with Crippen LogP contribution in [0.2, 0.25) is 0 Å². The van der Waals surface area contributed by atoms with E-state index in [0.717, 1.165) is 10.0 Å². The molecule has 2 N–H and O–H groups in total.